The molecular weight excluding hydrogens is 254 g/mol. The molecule has 3 rings (SSSR count). The molecule has 102 valence electrons. The Morgan fingerprint density at radius 3 is 2.70 bits per heavy atom. The monoisotopic (exact) mass is 269 g/mol. The van der Waals surface area contributed by atoms with Crippen LogP contribution in [0.2, 0.25) is 0 Å². The zero-order valence-corrected chi connectivity index (χ0v) is 11.6. The van der Waals surface area contributed by atoms with Gasteiger partial charge in [-0.15, -0.1) is 0 Å². The zero-order chi connectivity index (χ0) is 14.4. The van der Waals surface area contributed by atoms with Crippen molar-refractivity contribution in [2.45, 2.75) is 13.8 Å². The van der Waals surface area contributed by atoms with Crippen molar-refractivity contribution >= 4 is 16.8 Å². The number of benzene rings is 1. The molecule has 0 saturated heterocycles. The molecule has 6 heteroatoms. The van der Waals surface area contributed by atoms with E-state index in [1.807, 2.05) is 49.9 Å². The number of fused-ring (bicyclic) bond motifs is 1. The normalized spacial score (nSPS) is 11.2. The van der Waals surface area contributed by atoms with Crippen molar-refractivity contribution in [1.82, 2.24) is 19.3 Å². The van der Waals surface area contributed by atoms with Crippen LogP contribution in [-0.4, -0.2) is 25.2 Å². The summed E-state index contributed by atoms with van der Waals surface area (Å²) >= 11 is 0. The lowest BCUT2D eigenvalue weighted by Crippen LogP contribution is -2.13. The standard InChI is InChI=1S/C14H15N5O/c1-8-13(14(15)20)16-9(2)19(8)11-4-5-12-10(6-11)7-18(3)17-12/h4-7H,1-3H3,(H2,15,20). The van der Waals surface area contributed by atoms with Crippen molar-refractivity contribution in [3.63, 3.8) is 0 Å². The number of carbonyl (C=O) groups excluding carboxylic acids is 1. The molecule has 20 heavy (non-hydrogen) atoms. The lowest BCUT2D eigenvalue weighted by molar-refractivity contribution is 0.0995. The number of nitrogens with zero attached hydrogens (tertiary/aromatic N) is 4. The molecule has 0 aliphatic carbocycles. The predicted octanol–water partition coefficient (Wildman–Crippen LogP) is 1.47. The number of aromatic nitrogens is 4. The number of primary amides is 1. The first-order chi connectivity index (χ1) is 9.47. The Bertz CT molecular complexity index is 828. The molecule has 6 nitrogen and oxygen atoms in total. The number of imidazole rings is 1. The van der Waals surface area contributed by atoms with Crippen LogP contribution < -0.4 is 5.73 Å². The van der Waals surface area contributed by atoms with Crippen LogP contribution in [0.5, 0.6) is 0 Å². The smallest absolute Gasteiger partial charge is 0.269 e. The van der Waals surface area contributed by atoms with E-state index in [9.17, 15) is 4.79 Å². The van der Waals surface area contributed by atoms with Crippen LogP contribution in [0.3, 0.4) is 0 Å². The Hall–Kier alpha value is -2.63. The third kappa shape index (κ3) is 1.77. The summed E-state index contributed by atoms with van der Waals surface area (Å²) in [4.78, 5) is 15.6. The van der Waals surface area contributed by atoms with Crippen LogP contribution in [0.1, 0.15) is 22.0 Å². The highest BCUT2D eigenvalue weighted by atomic mass is 16.1. The molecule has 0 spiro atoms. The van der Waals surface area contributed by atoms with Gasteiger partial charge in [-0.05, 0) is 32.0 Å². The quantitative estimate of drug-likeness (QED) is 0.765. The third-order valence-electron chi connectivity index (χ3n) is 3.37. The molecule has 0 aliphatic rings. The minimum Gasteiger partial charge on any atom is -0.364 e. The Morgan fingerprint density at radius 2 is 2.05 bits per heavy atom. The van der Waals surface area contributed by atoms with E-state index in [1.54, 1.807) is 4.68 Å². The van der Waals surface area contributed by atoms with Crippen LogP contribution in [0.25, 0.3) is 16.6 Å². The molecule has 2 heterocycles. The van der Waals surface area contributed by atoms with Gasteiger partial charge in [0.2, 0.25) is 0 Å². The first kappa shape index (κ1) is 12.4. The van der Waals surface area contributed by atoms with Gasteiger partial charge in [-0.25, -0.2) is 4.98 Å². The molecule has 0 atom stereocenters. The van der Waals surface area contributed by atoms with E-state index in [1.165, 1.54) is 0 Å². The van der Waals surface area contributed by atoms with E-state index in [-0.39, 0.29) is 0 Å². The molecule has 0 bridgehead atoms. The molecule has 2 N–H and O–H groups in total. The summed E-state index contributed by atoms with van der Waals surface area (Å²) in [6.45, 7) is 3.69. The van der Waals surface area contributed by atoms with Crippen molar-refractivity contribution in [2.75, 3.05) is 0 Å². The number of aryl methyl sites for hydroxylation is 2. The van der Waals surface area contributed by atoms with Gasteiger partial charge in [-0.3, -0.25) is 9.48 Å². The number of hydrogen-bond acceptors (Lipinski definition) is 3. The van der Waals surface area contributed by atoms with Gasteiger partial charge in [0.25, 0.3) is 5.91 Å². The summed E-state index contributed by atoms with van der Waals surface area (Å²) in [5, 5.41) is 5.38. The van der Waals surface area contributed by atoms with E-state index in [0.29, 0.717) is 5.69 Å². The third-order valence-corrected chi connectivity index (χ3v) is 3.37. The zero-order valence-electron chi connectivity index (χ0n) is 11.6. The van der Waals surface area contributed by atoms with Gasteiger partial charge in [0, 0.05) is 24.3 Å². The summed E-state index contributed by atoms with van der Waals surface area (Å²) in [5.74, 6) is 0.228. The number of nitrogens with two attached hydrogens (primary N) is 1. The van der Waals surface area contributed by atoms with Crippen LogP contribution in [-0.2, 0) is 7.05 Å². The molecule has 3 aromatic rings. The Balaban J connectivity index is 2.22. The number of carbonyl (C=O) groups is 1. The van der Waals surface area contributed by atoms with Gasteiger partial charge in [0.1, 0.15) is 11.5 Å². The van der Waals surface area contributed by atoms with Crippen molar-refractivity contribution in [3.8, 4) is 5.69 Å². The maximum Gasteiger partial charge on any atom is 0.269 e. The minimum absolute atomic E-state index is 0.314. The molecule has 0 aliphatic heterocycles. The number of amides is 1. The van der Waals surface area contributed by atoms with Gasteiger partial charge in [0.15, 0.2) is 0 Å². The lowest BCUT2D eigenvalue weighted by atomic mass is 10.2. The highest BCUT2D eigenvalue weighted by molar-refractivity contribution is 5.92. The number of hydrogen-bond donors (Lipinski definition) is 1. The summed E-state index contributed by atoms with van der Waals surface area (Å²) in [6.07, 6.45) is 1.95. The molecule has 0 radical (unpaired) electrons. The molecule has 1 aromatic carbocycles. The van der Waals surface area contributed by atoms with Gasteiger partial charge in [0.05, 0.1) is 11.2 Å². The van der Waals surface area contributed by atoms with Crippen LogP contribution >= 0.6 is 0 Å². The second kappa shape index (κ2) is 4.19. The lowest BCUT2D eigenvalue weighted by Gasteiger charge is -2.07. The van der Waals surface area contributed by atoms with E-state index in [4.69, 9.17) is 5.73 Å². The first-order valence-electron chi connectivity index (χ1n) is 6.27. The minimum atomic E-state index is -0.508. The Kier molecular flexibility index (Phi) is 2.60. The highest BCUT2D eigenvalue weighted by Gasteiger charge is 2.16. The topological polar surface area (TPSA) is 78.7 Å². The molecule has 2 aromatic heterocycles. The SMILES string of the molecule is Cc1nc(C(N)=O)c(C)n1-c1ccc2nn(C)cc2c1. The van der Waals surface area contributed by atoms with Crippen LogP contribution in [0.4, 0.5) is 0 Å². The second-order valence-electron chi connectivity index (χ2n) is 4.84. The van der Waals surface area contributed by atoms with Gasteiger partial charge in [-0.2, -0.15) is 5.10 Å². The average Bonchev–Trinajstić information content (AvgIpc) is 2.88. The second-order valence-corrected chi connectivity index (χ2v) is 4.84. The summed E-state index contributed by atoms with van der Waals surface area (Å²) in [5.41, 5.74) is 8.28. The van der Waals surface area contributed by atoms with Gasteiger partial charge >= 0.3 is 0 Å². The van der Waals surface area contributed by atoms with Crippen molar-refractivity contribution < 1.29 is 4.79 Å². The predicted molar refractivity (Wildman–Crippen MR) is 75.8 cm³/mol. The van der Waals surface area contributed by atoms with Crippen molar-refractivity contribution in [2.24, 2.45) is 12.8 Å². The molecular formula is C14H15N5O. The molecule has 0 saturated carbocycles. The fourth-order valence-corrected chi connectivity index (χ4v) is 2.53. The van der Waals surface area contributed by atoms with Crippen molar-refractivity contribution in [1.29, 1.82) is 0 Å². The summed E-state index contributed by atoms with van der Waals surface area (Å²) in [7, 11) is 1.89. The fraction of sp³-hybridized carbons (Fsp3) is 0.214. The maximum atomic E-state index is 11.4. The van der Waals surface area contributed by atoms with Gasteiger partial charge < -0.3 is 10.3 Å². The van der Waals surface area contributed by atoms with Crippen LogP contribution in [0.15, 0.2) is 24.4 Å². The Labute approximate surface area is 115 Å². The van der Waals surface area contributed by atoms with E-state index in [0.717, 1.165) is 28.1 Å². The summed E-state index contributed by atoms with van der Waals surface area (Å²) < 4.78 is 3.70. The summed E-state index contributed by atoms with van der Waals surface area (Å²) in [6, 6.07) is 5.93. The number of rotatable bonds is 2. The van der Waals surface area contributed by atoms with Crippen LogP contribution in [0, 0.1) is 13.8 Å². The molecule has 0 fully saturated rings. The largest absolute Gasteiger partial charge is 0.364 e. The maximum absolute atomic E-state index is 11.4. The first-order valence-corrected chi connectivity index (χ1v) is 6.27. The molecule has 0 unspecified atom stereocenters. The van der Waals surface area contributed by atoms with E-state index in [2.05, 4.69) is 10.1 Å². The molecule has 1 amide bonds. The van der Waals surface area contributed by atoms with E-state index < -0.39 is 5.91 Å². The fourth-order valence-electron chi connectivity index (χ4n) is 2.53. The van der Waals surface area contributed by atoms with Crippen molar-refractivity contribution in [3.05, 3.63) is 41.6 Å². The Morgan fingerprint density at radius 1 is 1.30 bits per heavy atom. The van der Waals surface area contributed by atoms with Gasteiger partial charge in [-0.1, -0.05) is 0 Å². The van der Waals surface area contributed by atoms with E-state index >= 15 is 0 Å². The highest BCUT2D eigenvalue weighted by Crippen LogP contribution is 2.21. The average molecular weight is 269 g/mol.